The van der Waals surface area contributed by atoms with Crippen LogP contribution in [0.25, 0.3) is 11.0 Å². The molecule has 10 heteroatoms. The predicted octanol–water partition coefficient (Wildman–Crippen LogP) is 1.17. The summed E-state index contributed by atoms with van der Waals surface area (Å²) in [5.41, 5.74) is 1.60. The van der Waals surface area contributed by atoms with Crippen molar-refractivity contribution in [3.8, 4) is 0 Å². The molecule has 2 fully saturated rings. The van der Waals surface area contributed by atoms with Crippen LogP contribution in [0.3, 0.4) is 0 Å². The second kappa shape index (κ2) is 8.90. The second-order valence-electron chi connectivity index (χ2n) is 10.2. The molecule has 3 heterocycles. The Morgan fingerprint density at radius 1 is 1.15 bits per heavy atom. The number of rotatable bonds is 4. The monoisotopic (exact) mass is 471 g/mol. The Kier molecular flexibility index (Phi) is 6.28. The van der Waals surface area contributed by atoms with Crippen LogP contribution in [0, 0.1) is 0 Å². The van der Waals surface area contributed by atoms with Crippen LogP contribution >= 0.6 is 0 Å². The fourth-order valence-corrected chi connectivity index (χ4v) is 4.88. The molecule has 0 aliphatic carbocycles. The highest BCUT2D eigenvalue weighted by Crippen LogP contribution is 2.28. The summed E-state index contributed by atoms with van der Waals surface area (Å²) in [6, 6.07) is 5.26. The molecule has 1 aromatic carbocycles. The third-order valence-electron chi connectivity index (χ3n) is 6.41. The van der Waals surface area contributed by atoms with Gasteiger partial charge in [-0.1, -0.05) is 0 Å². The molecule has 1 N–H and O–H groups in total. The highest BCUT2D eigenvalue weighted by molar-refractivity contribution is 6.00. The summed E-state index contributed by atoms with van der Waals surface area (Å²) in [4.78, 5) is 53.5. The number of imide groups is 1. The van der Waals surface area contributed by atoms with E-state index in [9.17, 15) is 19.2 Å². The van der Waals surface area contributed by atoms with Gasteiger partial charge in [0.15, 0.2) is 0 Å². The average Bonchev–Trinajstić information content (AvgIpc) is 2.97. The van der Waals surface area contributed by atoms with E-state index in [1.54, 1.807) is 11.6 Å². The molecular formula is C24H33N5O5. The molecule has 2 aliphatic rings. The molecule has 2 saturated heterocycles. The van der Waals surface area contributed by atoms with Crippen molar-refractivity contribution >= 4 is 34.5 Å². The molecule has 0 radical (unpaired) electrons. The zero-order chi connectivity index (χ0) is 24.8. The number of nitrogens with zero attached hydrogens (tertiary/aromatic N) is 4. The van der Waals surface area contributed by atoms with E-state index in [4.69, 9.17) is 4.74 Å². The molecule has 0 spiro atoms. The SMILES string of the molecule is C[C@@H]1CN(CC(=O)OC(C)(C)C)CCN1c1ccc2c(c1)n(C)c(=O)n2C1CCC(=O)NC1=O. The number of hydrogen-bond acceptors (Lipinski definition) is 7. The summed E-state index contributed by atoms with van der Waals surface area (Å²) >= 11 is 0. The molecule has 0 bridgehead atoms. The number of fused-ring (bicyclic) bond motifs is 1. The molecule has 1 unspecified atom stereocenters. The fourth-order valence-electron chi connectivity index (χ4n) is 4.88. The van der Waals surface area contributed by atoms with Crippen molar-refractivity contribution in [2.75, 3.05) is 31.1 Å². The molecule has 2 atom stereocenters. The van der Waals surface area contributed by atoms with E-state index in [1.807, 2.05) is 39.0 Å². The quantitative estimate of drug-likeness (QED) is 0.527. The average molecular weight is 472 g/mol. The Morgan fingerprint density at radius 3 is 2.53 bits per heavy atom. The summed E-state index contributed by atoms with van der Waals surface area (Å²) in [6.45, 7) is 10.1. The van der Waals surface area contributed by atoms with E-state index in [-0.39, 0.29) is 36.6 Å². The normalized spacial score (nSPS) is 22.2. The first kappa shape index (κ1) is 24.0. The number of hydrogen-bond donors (Lipinski definition) is 1. The number of amides is 2. The first-order valence-electron chi connectivity index (χ1n) is 11.7. The maximum absolute atomic E-state index is 13.0. The Balaban J connectivity index is 1.53. The largest absolute Gasteiger partial charge is 0.459 e. The maximum Gasteiger partial charge on any atom is 0.329 e. The number of imidazole rings is 1. The summed E-state index contributed by atoms with van der Waals surface area (Å²) in [7, 11) is 1.69. The number of nitrogens with one attached hydrogen (secondary N) is 1. The van der Waals surface area contributed by atoms with Gasteiger partial charge in [0, 0.05) is 44.8 Å². The van der Waals surface area contributed by atoms with Gasteiger partial charge in [-0.05, 0) is 52.3 Å². The molecular weight excluding hydrogens is 438 g/mol. The van der Waals surface area contributed by atoms with Crippen molar-refractivity contribution in [1.29, 1.82) is 0 Å². The Morgan fingerprint density at radius 2 is 1.88 bits per heavy atom. The van der Waals surface area contributed by atoms with Gasteiger partial charge in [-0.2, -0.15) is 0 Å². The van der Waals surface area contributed by atoms with E-state index in [2.05, 4.69) is 22.0 Å². The number of piperazine rings is 1. The highest BCUT2D eigenvalue weighted by atomic mass is 16.6. The highest BCUT2D eigenvalue weighted by Gasteiger charge is 2.32. The lowest BCUT2D eigenvalue weighted by Gasteiger charge is -2.41. The van der Waals surface area contributed by atoms with E-state index < -0.39 is 17.6 Å². The van der Waals surface area contributed by atoms with Gasteiger partial charge < -0.3 is 9.64 Å². The lowest BCUT2D eigenvalue weighted by molar-refractivity contribution is -0.156. The number of benzene rings is 1. The number of piperidine rings is 1. The summed E-state index contributed by atoms with van der Waals surface area (Å²) < 4.78 is 8.49. The zero-order valence-electron chi connectivity index (χ0n) is 20.5. The van der Waals surface area contributed by atoms with E-state index in [0.717, 1.165) is 24.3 Å². The van der Waals surface area contributed by atoms with Crippen LogP contribution in [0.1, 0.15) is 46.6 Å². The van der Waals surface area contributed by atoms with Crippen molar-refractivity contribution in [2.45, 2.75) is 58.2 Å². The van der Waals surface area contributed by atoms with E-state index >= 15 is 0 Å². The number of ether oxygens (including phenoxy) is 1. The van der Waals surface area contributed by atoms with Crippen LogP contribution in [0.2, 0.25) is 0 Å². The van der Waals surface area contributed by atoms with Gasteiger partial charge in [-0.15, -0.1) is 0 Å². The van der Waals surface area contributed by atoms with Gasteiger partial charge in [0.1, 0.15) is 11.6 Å². The minimum Gasteiger partial charge on any atom is -0.459 e. The fraction of sp³-hybridized carbons (Fsp3) is 0.583. The van der Waals surface area contributed by atoms with Crippen molar-refractivity contribution < 1.29 is 19.1 Å². The van der Waals surface area contributed by atoms with Crippen LogP contribution in [-0.4, -0.2) is 69.6 Å². The van der Waals surface area contributed by atoms with Gasteiger partial charge in [-0.3, -0.25) is 33.7 Å². The zero-order valence-corrected chi connectivity index (χ0v) is 20.5. The van der Waals surface area contributed by atoms with Crippen LogP contribution in [0.5, 0.6) is 0 Å². The van der Waals surface area contributed by atoms with Crippen molar-refractivity contribution in [3.05, 3.63) is 28.7 Å². The predicted molar refractivity (Wildman–Crippen MR) is 128 cm³/mol. The molecule has 2 amide bonds. The Hall–Kier alpha value is -3.14. The molecule has 184 valence electrons. The van der Waals surface area contributed by atoms with Crippen molar-refractivity contribution in [1.82, 2.24) is 19.4 Å². The number of carbonyl (C=O) groups is 3. The van der Waals surface area contributed by atoms with Gasteiger partial charge in [0.05, 0.1) is 17.6 Å². The number of anilines is 1. The van der Waals surface area contributed by atoms with Gasteiger partial charge >= 0.3 is 11.7 Å². The lowest BCUT2D eigenvalue weighted by atomic mass is 10.1. The van der Waals surface area contributed by atoms with E-state index in [0.29, 0.717) is 18.5 Å². The first-order valence-corrected chi connectivity index (χ1v) is 11.7. The van der Waals surface area contributed by atoms with Crippen LogP contribution in [-0.2, 0) is 26.2 Å². The molecule has 2 aromatic rings. The number of esters is 1. The van der Waals surface area contributed by atoms with Crippen LogP contribution in [0.4, 0.5) is 5.69 Å². The van der Waals surface area contributed by atoms with Crippen LogP contribution in [0.15, 0.2) is 23.0 Å². The van der Waals surface area contributed by atoms with Crippen LogP contribution < -0.4 is 15.9 Å². The summed E-state index contributed by atoms with van der Waals surface area (Å²) in [6.07, 6.45) is 0.518. The smallest absolute Gasteiger partial charge is 0.329 e. The molecule has 1 aromatic heterocycles. The Bertz CT molecular complexity index is 1190. The topological polar surface area (TPSA) is 106 Å². The number of aromatic nitrogens is 2. The lowest BCUT2D eigenvalue weighted by Crippen LogP contribution is -2.53. The van der Waals surface area contributed by atoms with Gasteiger partial charge in [0.2, 0.25) is 11.8 Å². The van der Waals surface area contributed by atoms with Crippen molar-refractivity contribution in [2.24, 2.45) is 7.05 Å². The summed E-state index contributed by atoms with van der Waals surface area (Å²) in [5, 5.41) is 2.34. The summed E-state index contributed by atoms with van der Waals surface area (Å²) in [5.74, 6) is -0.972. The van der Waals surface area contributed by atoms with Gasteiger partial charge in [0.25, 0.3) is 0 Å². The second-order valence-corrected chi connectivity index (χ2v) is 10.2. The first-order chi connectivity index (χ1) is 15.9. The third kappa shape index (κ3) is 4.72. The molecule has 0 saturated carbocycles. The van der Waals surface area contributed by atoms with Crippen molar-refractivity contribution in [3.63, 3.8) is 0 Å². The molecule has 2 aliphatic heterocycles. The maximum atomic E-state index is 13.0. The standard InChI is InChI=1S/C24H33N5O5/c1-15-13-27(14-21(31)34-24(2,3)4)10-11-28(15)16-6-7-17-19(12-16)26(5)23(33)29(17)18-8-9-20(30)25-22(18)32/h6-7,12,15,18H,8-11,13-14H2,1-5H3,(H,25,30,32)/t15-,18?/m1/s1. The van der Waals surface area contributed by atoms with Gasteiger partial charge in [-0.25, -0.2) is 4.79 Å². The Labute approximate surface area is 198 Å². The minimum absolute atomic E-state index is 0.155. The number of carbonyl (C=O) groups excluding carboxylic acids is 3. The number of aryl methyl sites for hydroxylation is 1. The molecule has 34 heavy (non-hydrogen) atoms. The van der Waals surface area contributed by atoms with E-state index in [1.165, 1.54) is 4.57 Å². The third-order valence-corrected chi connectivity index (χ3v) is 6.41. The minimum atomic E-state index is -0.699. The molecule has 4 rings (SSSR count). The molecule has 10 nitrogen and oxygen atoms in total.